The maximum Gasteiger partial charge on any atom is 0.227 e. The van der Waals surface area contributed by atoms with Gasteiger partial charge in [-0.05, 0) is 59.8 Å². The summed E-state index contributed by atoms with van der Waals surface area (Å²) < 4.78 is 0. The van der Waals surface area contributed by atoms with Crippen LogP contribution in [0.2, 0.25) is 0 Å². The van der Waals surface area contributed by atoms with Crippen LogP contribution in [0.1, 0.15) is 35.6 Å². The van der Waals surface area contributed by atoms with Gasteiger partial charge in [0.05, 0.1) is 12.5 Å². The molecule has 1 aliphatic heterocycles. The van der Waals surface area contributed by atoms with Crippen LogP contribution in [0.25, 0.3) is 10.8 Å². The van der Waals surface area contributed by atoms with E-state index in [4.69, 9.17) is 0 Å². The third kappa shape index (κ3) is 3.84. The van der Waals surface area contributed by atoms with Crippen molar-refractivity contribution in [1.82, 2.24) is 9.80 Å². The summed E-state index contributed by atoms with van der Waals surface area (Å²) in [6.07, 6.45) is 4.05. The van der Waals surface area contributed by atoms with E-state index in [1.807, 2.05) is 11.9 Å². The molecule has 3 aromatic rings. The number of halogens is 1. The van der Waals surface area contributed by atoms with E-state index in [-0.39, 0.29) is 24.4 Å². The molecule has 1 amide bonds. The summed E-state index contributed by atoms with van der Waals surface area (Å²) in [6.45, 7) is 2.31. The Morgan fingerprint density at radius 1 is 0.967 bits per heavy atom. The van der Waals surface area contributed by atoms with Gasteiger partial charge in [0.25, 0.3) is 0 Å². The number of carbonyl (C=O) groups is 1. The van der Waals surface area contributed by atoms with Crippen molar-refractivity contribution in [3.05, 3.63) is 83.4 Å². The number of rotatable bonds is 4. The summed E-state index contributed by atoms with van der Waals surface area (Å²) in [5, 5.41) is 2.41. The van der Waals surface area contributed by atoms with Crippen LogP contribution < -0.4 is 0 Å². The maximum atomic E-state index is 13.3. The Morgan fingerprint density at radius 3 is 2.47 bits per heavy atom. The average molecular weight is 421 g/mol. The van der Waals surface area contributed by atoms with E-state index in [1.54, 1.807) is 0 Å². The first-order valence-corrected chi connectivity index (χ1v) is 10.8. The maximum absolute atomic E-state index is 13.3. The second-order valence-electron chi connectivity index (χ2n) is 8.52. The van der Waals surface area contributed by atoms with Gasteiger partial charge in [0.15, 0.2) is 0 Å². The van der Waals surface area contributed by atoms with Crippen LogP contribution in [0, 0.1) is 0 Å². The number of likely N-dealkylation sites (N-methyl/N-ethyl adjacent to an activating group) is 1. The SMILES string of the molecule is CN(C(=O)Cc1ccc2ccccc2c1)C1c2ccccc2CC1N1CCCC1.Cl. The molecule has 30 heavy (non-hydrogen) atoms. The molecule has 1 saturated heterocycles. The lowest BCUT2D eigenvalue weighted by molar-refractivity contribution is -0.132. The van der Waals surface area contributed by atoms with E-state index in [0.717, 1.165) is 25.1 Å². The van der Waals surface area contributed by atoms with E-state index in [1.165, 1.54) is 34.7 Å². The fourth-order valence-electron chi connectivity index (χ4n) is 5.22. The fourth-order valence-corrected chi connectivity index (χ4v) is 5.22. The van der Waals surface area contributed by atoms with Gasteiger partial charge in [0, 0.05) is 13.1 Å². The number of nitrogens with zero attached hydrogens (tertiary/aromatic N) is 2. The van der Waals surface area contributed by atoms with E-state index >= 15 is 0 Å². The van der Waals surface area contributed by atoms with Gasteiger partial charge in [-0.25, -0.2) is 0 Å². The highest BCUT2D eigenvalue weighted by molar-refractivity contribution is 5.86. The molecule has 0 aromatic heterocycles. The van der Waals surface area contributed by atoms with Crippen LogP contribution >= 0.6 is 12.4 Å². The fraction of sp³-hybridized carbons (Fsp3) is 0.346. The Hall–Kier alpha value is -2.36. The molecule has 0 N–H and O–H groups in total. The molecule has 1 heterocycles. The number of fused-ring (bicyclic) bond motifs is 2. The molecule has 0 radical (unpaired) electrons. The summed E-state index contributed by atoms with van der Waals surface area (Å²) in [5.41, 5.74) is 3.82. The van der Waals surface area contributed by atoms with Gasteiger partial charge in [0.2, 0.25) is 5.91 Å². The quantitative estimate of drug-likeness (QED) is 0.591. The van der Waals surface area contributed by atoms with Crippen molar-refractivity contribution in [3.63, 3.8) is 0 Å². The second-order valence-corrected chi connectivity index (χ2v) is 8.52. The molecule has 2 aliphatic rings. The lowest BCUT2D eigenvalue weighted by Crippen LogP contribution is -2.44. The van der Waals surface area contributed by atoms with Crippen molar-refractivity contribution < 1.29 is 4.79 Å². The number of hydrogen-bond acceptors (Lipinski definition) is 2. The van der Waals surface area contributed by atoms with Crippen LogP contribution in [-0.2, 0) is 17.6 Å². The van der Waals surface area contributed by atoms with Crippen LogP contribution in [0.15, 0.2) is 66.7 Å². The Kier molecular flexibility index (Phi) is 6.12. The van der Waals surface area contributed by atoms with Gasteiger partial charge >= 0.3 is 0 Å². The third-order valence-corrected chi connectivity index (χ3v) is 6.76. The van der Waals surface area contributed by atoms with Crippen molar-refractivity contribution in [2.75, 3.05) is 20.1 Å². The molecule has 5 rings (SSSR count). The Morgan fingerprint density at radius 2 is 1.67 bits per heavy atom. The zero-order valence-corrected chi connectivity index (χ0v) is 18.3. The predicted molar refractivity (Wildman–Crippen MR) is 125 cm³/mol. The Labute approximate surface area is 185 Å². The molecule has 0 saturated carbocycles. The number of amides is 1. The summed E-state index contributed by atoms with van der Waals surface area (Å²) in [7, 11) is 2.00. The number of carbonyl (C=O) groups excluding carboxylic acids is 1. The minimum absolute atomic E-state index is 0. The van der Waals surface area contributed by atoms with Gasteiger partial charge in [-0.2, -0.15) is 0 Å². The summed E-state index contributed by atoms with van der Waals surface area (Å²) in [5.74, 6) is 0.200. The van der Waals surface area contributed by atoms with Crippen molar-refractivity contribution in [2.24, 2.45) is 0 Å². The highest BCUT2D eigenvalue weighted by Gasteiger charge is 2.40. The number of benzene rings is 3. The van der Waals surface area contributed by atoms with E-state index in [9.17, 15) is 4.79 Å². The van der Waals surface area contributed by atoms with Crippen molar-refractivity contribution in [2.45, 2.75) is 37.8 Å². The first kappa shape index (κ1) is 20.9. The van der Waals surface area contributed by atoms with Gasteiger partial charge in [-0.15, -0.1) is 12.4 Å². The minimum atomic E-state index is 0. The van der Waals surface area contributed by atoms with Crippen LogP contribution in [0.4, 0.5) is 0 Å². The molecular formula is C26H29ClN2O. The third-order valence-electron chi connectivity index (χ3n) is 6.76. The summed E-state index contributed by atoms with van der Waals surface area (Å²) >= 11 is 0. The lowest BCUT2D eigenvalue weighted by Gasteiger charge is -2.35. The van der Waals surface area contributed by atoms with Crippen molar-refractivity contribution in [3.8, 4) is 0 Å². The van der Waals surface area contributed by atoms with Crippen LogP contribution in [-0.4, -0.2) is 41.9 Å². The van der Waals surface area contributed by atoms with Gasteiger partial charge in [-0.3, -0.25) is 9.69 Å². The summed E-state index contributed by atoms with van der Waals surface area (Å²) in [4.78, 5) is 17.9. The lowest BCUT2D eigenvalue weighted by atomic mass is 10.0. The molecule has 4 heteroatoms. The first-order valence-electron chi connectivity index (χ1n) is 10.8. The van der Waals surface area contributed by atoms with E-state index in [2.05, 4.69) is 71.6 Å². The second kappa shape index (κ2) is 8.79. The molecule has 2 unspecified atom stereocenters. The van der Waals surface area contributed by atoms with Crippen LogP contribution in [0.3, 0.4) is 0 Å². The van der Waals surface area contributed by atoms with Gasteiger partial charge < -0.3 is 4.90 Å². The molecule has 156 valence electrons. The van der Waals surface area contributed by atoms with Crippen molar-refractivity contribution in [1.29, 1.82) is 0 Å². The molecule has 0 bridgehead atoms. The van der Waals surface area contributed by atoms with Crippen LogP contribution in [0.5, 0.6) is 0 Å². The van der Waals surface area contributed by atoms with E-state index in [0.29, 0.717) is 12.5 Å². The smallest absolute Gasteiger partial charge is 0.227 e. The normalized spacial score (nSPS) is 20.7. The topological polar surface area (TPSA) is 23.6 Å². The van der Waals surface area contributed by atoms with Gasteiger partial charge in [-0.1, -0.05) is 66.7 Å². The molecule has 3 nitrogen and oxygen atoms in total. The van der Waals surface area contributed by atoms with Crippen molar-refractivity contribution >= 4 is 29.1 Å². The molecule has 1 fully saturated rings. The zero-order chi connectivity index (χ0) is 19.8. The predicted octanol–water partition coefficient (Wildman–Crippen LogP) is 5.02. The average Bonchev–Trinajstić information content (AvgIpc) is 3.40. The zero-order valence-electron chi connectivity index (χ0n) is 17.5. The minimum Gasteiger partial charge on any atom is -0.337 e. The number of hydrogen-bond donors (Lipinski definition) is 0. The summed E-state index contributed by atoms with van der Waals surface area (Å²) in [6, 6.07) is 23.9. The number of likely N-dealkylation sites (tertiary alicyclic amines) is 1. The molecule has 2 atom stereocenters. The largest absolute Gasteiger partial charge is 0.337 e. The molecule has 1 aliphatic carbocycles. The Bertz CT molecular complexity index is 1040. The Balaban J connectivity index is 0.00000218. The highest BCUT2D eigenvalue weighted by Crippen LogP contribution is 2.39. The first-order chi connectivity index (χ1) is 14.2. The monoisotopic (exact) mass is 420 g/mol. The highest BCUT2D eigenvalue weighted by atomic mass is 35.5. The van der Waals surface area contributed by atoms with Gasteiger partial charge in [0.1, 0.15) is 0 Å². The van der Waals surface area contributed by atoms with E-state index < -0.39 is 0 Å². The molecular weight excluding hydrogens is 392 g/mol. The standard InChI is InChI=1S/C26H28N2O.ClH/c1-27(25(29)17-19-12-13-20-8-2-3-9-21(20)16-19)26-23-11-5-4-10-22(23)18-24(26)28-14-6-7-15-28;/h2-5,8-13,16,24,26H,6-7,14-15,17-18H2,1H3;1H. The molecule has 3 aromatic carbocycles. The molecule has 0 spiro atoms.